The molecule has 0 amide bonds. The van der Waals surface area contributed by atoms with Crippen molar-refractivity contribution in [1.29, 1.82) is 0 Å². The van der Waals surface area contributed by atoms with Crippen LogP contribution in [0, 0.1) is 18.6 Å². The monoisotopic (exact) mass is 467 g/mol. The molecular formula is C18H12F7N3O2S. The van der Waals surface area contributed by atoms with Gasteiger partial charge in [0.05, 0.1) is 16.9 Å². The lowest BCUT2D eigenvalue weighted by Gasteiger charge is -2.14. The van der Waals surface area contributed by atoms with Gasteiger partial charge in [0.25, 0.3) is 6.43 Å². The van der Waals surface area contributed by atoms with E-state index >= 15 is 0 Å². The summed E-state index contributed by atoms with van der Waals surface area (Å²) < 4.78 is 118. The molecule has 0 bridgehead atoms. The lowest BCUT2D eigenvalue weighted by molar-refractivity contribution is -0.138. The van der Waals surface area contributed by atoms with Gasteiger partial charge in [-0.25, -0.2) is 35.8 Å². The summed E-state index contributed by atoms with van der Waals surface area (Å²) in [6.45, 7) is 1.18. The predicted octanol–water partition coefficient (Wildman–Crippen LogP) is 4.73. The van der Waals surface area contributed by atoms with Crippen molar-refractivity contribution >= 4 is 10.0 Å². The number of benzene rings is 2. The first kappa shape index (κ1) is 22.7. The van der Waals surface area contributed by atoms with Crippen LogP contribution >= 0.6 is 0 Å². The first-order chi connectivity index (χ1) is 14.2. The molecule has 0 aliphatic heterocycles. The summed E-state index contributed by atoms with van der Waals surface area (Å²) in [5, 5.41) is 8.31. The van der Waals surface area contributed by atoms with Crippen molar-refractivity contribution in [2.24, 2.45) is 5.14 Å². The Kier molecular flexibility index (Phi) is 5.61. The molecule has 0 saturated carbocycles. The Morgan fingerprint density at radius 2 is 1.68 bits per heavy atom. The van der Waals surface area contributed by atoms with E-state index in [1.807, 2.05) is 0 Å². The van der Waals surface area contributed by atoms with Gasteiger partial charge < -0.3 is 0 Å². The number of alkyl halides is 5. The highest BCUT2D eigenvalue weighted by molar-refractivity contribution is 7.89. The van der Waals surface area contributed by atoms with Gasteiger partial charge in [0.1, 0.15) is 22.2 Å². The van der Waals surface area contributed by atoms with Crippen LogP contribution in [0.15, 0.2) is 41.3 Å². The third kappa shape index (κ3) is 4.42. The molecule has 0 radical (unpaired) electrons. The fourth-order valence-corrected chi connectivity index (χ4v) is 3.48. The van der Waals surface area contributed by atoms with E-state index in [-0.39, 0.29) is 17.3 Å². The number of sulfonamides is 1. The van der Waals surface area contributed by atoms with E-state index in [0.717, 1.165) is 12.1 Å². The molecule has 0 atom stereocenters. The van der Waals surface area contributed by atoms with Gasteiger partial charge in [-0.15, -0.1) is 0 Å². The maximum absolute atomic E-state index is 14.6. The third-order valence-electron chi connectivity index (χ3n) is 4.33. The normalized spacial score (nSPS) is 12.6. The molecule has 0 aliphatic carbocycles. The molecule has 1 aromatic heterocycles. The third-order valence-corrected chi connectivity index (χ3v) is 5.25. The molecule has 3 rings (SSSR count). The molecule has 0 aliphatic rings. The minimum absolute atomic E-state index is 0.159. The molecule has 2 aromatic carbocycles. The van der Waals surface area contributed by atoms with Gasteiger partial charge in [0.2, 0.25) is 10.0 Å². The Morgan fingerprint density at radius 3 is 2.23 bits per heavy atom. The van der Waals surface area contributed by atoms with Crippen molar-refractivity contribution in [3.63, 3.8) is 0 Å². The number of nitrogens with zero attached hydrogens (tertiary/aromatic N) is 2. The number of halogens is 7. The van der Waals surface area contributed by atoms with E-state index < -0.39 is 61.7 Å². The van der Waals surface area contributed by atoms with Crippen LogP contribution in [0.25, 0.3) is 16.9 Å². The van der Waals surface area contributed by atoms with Gasteiger partial charge in [-0.3, -0.25) is 0 Å². The molecule has 5 nitrogen and oxygen atoms in total. The van der Waals surface area contributed by atoms with E-state index in [1.54, 1.807) is 0 Å². The SMILES string of the molecule is Cc1ccc(-n2nc(C(F)F)cc2-c2cc(F)c(S(N)(=O)=O)cc2F)cc1C(F)(F)F. The summed E-state index contributed by atoms with van der Waals surface area (Å²) in [7, 11) is -4.63. The zero-order chi connectivity index (χ0) is 23.3. The molecule has 0 saturated heterocycles. The fraction of sp³-hybridized carbons (Fsp3) is 0.167. The smallest absolute Gasteiger partial charge is 0.233 e. The van der Waals surface area contributed by atoms with Crippen LogP contribution in [-0.2, 0) is 16.2 Å². The van der Waals surface area contributed by atoms with Crippen LogP contribution in [0.3, 0.4) is 0 Å². The number of hydrogen-bond acceptors (Lipinski definition) is 3. The van der Waals surface area contributed by atoms with Gasteiger partial charge in [-0.1, -0.05) is 6.07 Å². The first-order valence-electron chi connectivity index (χ1n) is 8.28. The van der Waals surface area contributed by atoms with Crippen molar-refractivity contribution in [3.05, 3.63) is 64.9 Å². The molecule has 0 unspecified atom stereocenters. The van der Waals surface area contributed by atoms with Crippen LogP contribution in [0.5, 0.6) is 0 Å². The van der Waals surface area contributed by atoms with Crippen LogP contribution < -0.4 is 5.14 Å². The number of primary sulfonamides is 1. The summed E-state index contributed by atoms with van der Waals surface area (Å²) in [5.41, 5.74) is -3.74. The Morgan fingerprint density at radius 1 is 1.03 bits per heavy atom. The fourth-order valence-electron chi connectivity index (χ4n) is 2.88. The Bertz CT molecular complexity index is 1270. The quantitative estimate of drug-likeness (QED) is 0.564. The highest BCUT2D eigenvalue weighted by Crippen LogP contribution is 2.36. The van der Waals surface area contributed by atoms with Crippen molar-refractivity contribution in [1.82, 2.24) is 9.78 Å². The minimum atomic E-state index is -4.77. The van der Waals surface area contributed by atoms with Crippen LogP contribution in [0.2, 0.25) is 0 Å². The summed E-state index contributed by atoms with van der Waals surface area (Å²) in [6.07, 6.45) is -7.95. The molecule has 2 N–H and O–H groups in total. The Hall–Kier alpha value is -2.93. The molecule has 0 fully saturated rings. The summed E-state index contributed by atoms with van der Waals surface area (Å²) >= 11 is 0. The molecule has 0 spiro atoms. The van der Waals surface area contributed by atoms with Crippen LogP contribution in [0.1, 0.15) is 23.2 Å². The number of aryl methyl sites for hydroxylation is 1. The van der Waals surface area contributed by atoms with Crippen molar-refractivity contribution in [2.45, 2.75) is 24.4 Å². The second kappa shape index (κ2) is 7.64. The van der Waals surface area contributed by atoms with E-state index in [4.69, 9.17) is 5.14 Å². The molecule has 31 heavy (non-hydrogen) atoms. The topological polar surface area (TPSA) is 78.0 Å². The molecule has 3 aromatic rings. The van der Waals surface area contributed by atoms with Gasteiger partial charge in [0.15, 0.2) is 0 Å². The summed E-state index contributed by atoms with van der Waals surface area (Å²) in [5.74, 6) is -2.85. The largest absolute Gasteiger partial charge is 0.416 e. The van der Waals surface area contributed by atoms with Crippen molar-refractivity contribution in [3.8, 4) is 16.9 Å². The van der Waals surface area contributed by atoms with Gasteiger partial charge >= 0.3 is 6.18 Å². The molecular weight excluding hydrogens is 455 g/mol. The van der Waals surface area contributed by atoms with Crippen LogP contribution in [0.4, 0.5) is 30.7 Å². The maximum Gasteiger partial charge on any atom is 0.416 e. The molecule has 1 heterocycles. The molecule has 13 heteroatoms. The van der Waals surface area contributed by atoms with Crippen LogP contribution in [-0.4, -0.2) is 18.2 Å². The summed E-state index contributed by atoms with van der Waals surface area (Å²) in [6, 6.07) is 4.10. The standard InChI is InChI=1S/C18H12F7N3O2S/c1-8-2-3-9(4-11(8)18(23,24)25)28-15(7-14(27-28)17(21)22)10-5-13(20)16(6-12(10)19)31(26,29)30/h2-7,17H,1H3,(H2,26,29,30). The number of nitrogens with two attached hydrogens (primary N) is 1. The van der Waals surface area contributed by atoms with Gasteiger partial charge in [0, 0.05) is 5.56 Å². The highest BCUT2D eigenvalue weighted by atomic mass is 32.2. The Balaban J connectivity index is 2.29. The second-order valence-electron chi connectivity index (χ2n) is 6.47. The van der Waals surface area contributed by atoms with E-state index in [0.29, 0.717) is 22.9 Å². The van der Waals surface area contributed by atoms with E-state index in [9.17, 15) is 39.2 Å². The lowest BCUT2D eigenvalue weighted by Crippen LogP contribution is -2.15. The number of rotatable bonds is 4. The van der Waals surface area contributed by atoms with Crippen molar-refractivity contribution in [2.75, 3.05) is 0 Å². The average Bonchev–Trinajstić information content (AvgIpc) is 3.07. The number of aromatic nitrogens is 2. The zero-order valence-corrected chi connectivity index (χ0v) is 16.2. The predicted molar refractivity (Wildman–Crippen MR) is 95.0 cm³/mol. The minimum Gasteiger partial charge on any atom is -0.233 e. The maximum atomic E-state index is 14.6. The van der Waals surface area contributed by atoms with Crippen molar-refractivity contribution < 1.29 is 39.2 Å². The Labute approximate surface area is 171 Å². The van der Waals surface area contributed by atoms with Gasteiger partial charge in [-0.05, 0) is 42.8 Å². The summed E-state index contributed by atoms with van der Waals surface area (Å²) in [4.78, 5) is -1.18. The zero-order valence-electron chi connectivity index (χ0n) is 15.4. The van der Waals surface area contributed by atoms with Gasteiger partial charge in [-0.2, -0.15) is 18.3 Å². The van der Waals surface area contributed by atoms with E-state index in [2.05, 4.69) is 5.10 Å². The first-order valence-corrected chi connectivity index (χ1v) is 9.83. The highest BCUT2D eigenvalue weighted by Gasteiger charge is 2.33. The lowest BCUT2D eigenvalue weighted by atomic mass is 10.1. The average molecular weight is 467 g/mol. The second-order valence-corrected chi connectivity index (χ2v) is 8.00. The van der Waals surface area contributed by atoms with E-state index in [1.165, 1.54) is 6.92 Å². The molecule has 166 valence electrons. The number of hydrogen-bond donors (Lipinski definition) is 1.